The minimum atomic E-state index is -0.980. The number of carbonyl (C=O) groups excluding carboxylic acids is 1. The molecule has 182 valence electrons. The van der Waals surface area contributed by atoms with Gasteiger partial charge in [0.1, 0.15) is 11.4 Å². The van der Waals surface area contributed by atoms with Crippen molar-refractivity contribution in [2.24, 2.45) is 0 Å². The Morgan fingerprint density at radius 1 is 1.11 bits per heavy atom. The van der Waals surface area contributed by atoms with Crippen LogP contribution in [-0.2, 0) is 4.79 Å². The monoisotopic (exact) mass is 474 g/mol. The number of carbonyl (C=O) groups is 2. The average Bonchev–Trinajstić information content (AvgIpc) is 3.35. The first-order chi connectivity index (χ1) is 16.9. The highest BCUT2D eigenvalue weighted by atomic mass is 16.4. The fourth-order valence-corrected chi connectivity index (χ4v) is 5.20. The number of carboxylic acids is 1. The van der Waals surface area contributed by atoms with Crippen molar-refractivity contribution in [2.75, 3.05) is 37.6 Å². The highest BCUT2D eigenvalue weighted by Gasteiger charge is 2.32. The maximum Gasteiger partial charge on any atom is 0.337 e. The molecule has 3 aromatic rings. The summed E-state index contributed by atoms with van der Waals surface area (Å²) in [4.78, 5) is 35.0. The summed E-state index contributed by atoms with van der Waals surface area (Å²) in [5.41, 5.74) is 3.43. The summed E-state index contributed by atoms with van der Waals surface area (Å²) >= 11 is 0. The van der Waals surface area contributed by atoms with E-state index in [9.17, 15) is 9.59 Å². The molecular formula is C27H30N4O4. The zero-order chi connectivity index (χ0) is 24.5. The molecule has 2 aromatic heterocycles. The van der Waals surface area contributed by atoms with E-state index >= 15 is 0 Å². The lowest BCUT2D eigenvalue weighted by Gasteiger charge is -2.45. The van der Waals surface area contributed by atoms with E-state index in [4.69, 9.17) is 9.52 Å². The van der Waals surface area contributed by atoms with E-state index in [1.807, 2.05) is 23.1 Å². The van der Waals surface area contributed by atoms with Gasteiger partial charge in [0.25, 0.3) is 0 Å². The summed E-state index contributed by atoms with van der Waals surface area (Å²) in [5.74, 6) is -0.0700. The van der Waals surface area contributed by atoms with Gasteiger partial charge in [-0.05, 0) is 44.0 Å². The first-order valence-corrected chi connectivity index (χ1v) is 12.0. The van der Waals surface area contributed by atoms with Gasteiger partial charge >= 0.3 is 5.97 Å². The largest absolute Gasteiger partial charge is 0.478 e. The standard InChI is InChI=1S/C27H30N4O4/c1-18-15-30(24-7-6-22(14-28-24)27(33)34)16-19(2)31(18)17-25(32)29-11-8-20(9-12-29)23-5-3-4-21-10-13-35-26(21)23/h3-8,10,13-14,18-19H,9,11-12,15-17H2,1-2H3,(H,33,34). The molecule has 1 aromatic carbocycles. The number of hydrogen-bond acceptors (Lipinski definition) is 6. The number of nitrogens with zero attached hydrogens (tertiary/aromatic N) is 4. The third-order valence-electron chi connectivity index (χ3n) is 7.12. The van der Waals surface area contributed by atoms with Crippen LogP contribution in [0.3, 0.4) is 0 Å². The van der Waals surface area contributed by atoms with Crippen molar-refractivity contribution in [1.29, 1.82) is 0 Å². The number of fused-ring (bicyclic) bond motifs is 1. The number of hydrogen-bond donors (Lipinski definition) is 1. The van der Waals surface area contributed by atoms with E-state index < -0.39 is 5.97 Å². The Morgan fingerprint density at radius 3 is 2.57 bits per heavy atom. The molecule has 1 N–H and O–H groups in total. The number of rotatable bonds is 5. The highest BCUT2D eigenvalue weighted by molar-refractivity contribution is 5.90. The van der Waals surface area contributed by atoms with Crippen LogP contribution in [-0.4, -0.2) is 76.6 Å². The second kappa shape index (κ2) is 9.54. The Labute approximate surface area is 204 Å². The van der Waals surface area contributed by atoms with Gasteiger partial charge in [-0.2, -0.15) is 0 Å². The van der Waals surface area contributed by atoms with Crippen molar-refractivity contribution in [1.82, 2.24) is 14.8 Å². The van der Waals surface area contributed by atoms with Gasteiger partial charge in [-0.25, -0.2) is 9.78 Å². The lowest BCUT2D eigenvalue weighted by Crippen LogP contribution is -2.59. The molecule has 2 unspecified atom stereocenters. The summed E-state index contributed by atoms with van der Waals surface area (Å²) in [6.07, 6.45) is 6.07. The first-order valence-electron chi connectivity index (χ1n) is 12.0. The van der Waals surface area contributed by atoms with Crippen LogP contribution in [0.1, 0.15) is 36.2 Å². The number of furan rings is 1. The summed E-state index contributed by atoms with van der Waals surface area (Å²) in [7, 11) is 0. The van der Waals surface area contributed by atoms with Crippen LogP contribution in [0.5, 0.6) is 0 Å². The van der Waals surface area contributed by atoms with Crippen LogP contribution in [0.2, 0.25) is 0 Å². The number of para-hydroxylation sites is 1. The molecule has 0 bridgehead atoms. The summed E-state index contributed by atoms with van der Waals surface area (Å²) < 4.78 is 5.69. The van der Waals surface area contributed by atoms with Gasteiger partial charge in [0, 0.05) is 55.4 Å². The van der Waals surface area contributed by atoms with Crippen LogP contribution in [0, 0.1) is 0 Å². The molecular weight excluding hydrogens is 444 g/mol. The van der Waals surface area contributed by atoms with E-state index in [2.05, 4.69) is 40.8 Å². The van der Waals surface area contributed by atoms with Gasteiger partial charge < -0.3 is 19.3 Å². The molecule has 2 aliphatic rings. The molecule has 2 aliphatic heterocycles. The summed E-state index contributed by atoms with van der Waals surface area (Å²) in [5, 5.41) is 10.2. The van der Waals surface area contributed by atoms with Crippen molar-refractivity contribution in [3.8, 4) is 0 Å². The zero-order valence-corrected chi connectivity index (χ0v) is 20.1. The Balaban J connectivity index is 1.20. The van der Waals surface area contributed by atoms with E-state index in [0.29, 0.717) is 19.6 Å². The lowest BCUT2D eigenvalue weighted by molar-refractivity contribution is -0.133. The number of pyridine rings is 1. The normalized spacial score (nSPS) is 21.3. The molecule has 5 rings (SSSR count). The minimum Gasteiger partial charge on any atom is -0.478 e. The van der Waals surface area contributed by atoms with Gasteiger partial charge in [0.05, 0.1) is 18.4 Å². The molecule has 8 heteroatoms. The van der Waals surface area contributed by atoms with Crippen molar-refractivity contribution in [2.45, 2.75) is 32.4 Å². The van der Waals surface area contributed by atoms with Crippen molar-refractivity contribution in [3.05, 3.63) is 66.1 Å². The first kappa shape index (κ1) is 23.1. The number of carboxylic acid groups (broad SMARTS) is 1. The number of aromatic nitrogens is 1. The van der Waals surface area contributed by atoms with E-state index in [1.54, 1.807) is 18.4 Å². The van der Waals surface area contributed by atoms with Gasteiger partial charge in [-0.3, -0.25) is 9.69 Å². The second-order valence-corrected chi connectivity index (χ2v) is 9.45. The van der Waals surface area contributed by atoms with Gasteiger partial charge in [-0.1, -0.05) is 24.3 Å². The van der Waals surface area contributed by atoms with Gasteiger partial charge in [0.2, 0.25) is 5.91 Å². The summed E-state index contributed by atoms with van der Waals surface area (Å²) in [6, 6.07) is 11.8. The number of anilines is 1. The second-order valence-electron chi connectivity index (χ2n) is 9.45. The highest BCUT2D eigenvalue weighted by Crippen LogP contribution is 2.30. The lowest BCUT2D eigenvalue weighted by atomic mass is 9.98. The summed E-state index contributed by atoms with van der Waals surface area (Å²) in [6.45, 7) is 7.40. The molecule has 1 fully saturated rings. The Kier molecular flexibility index (Phi) is 6.30. The quantitative estimate of drug-likeness (QED) is 0.602. The van der Waals surface area contributed by atoms with E-state index in [1.165, 1.54) is 11.8 Å². The van der Waals surface area contributed by atoms with Crippen LogP contribution < -0.4 is 4.90 Å². The zero-order valence-electron chi connectivity index (χ0n) is 20.1. The molecule has 2 atom stereocenters. The molecule has 0 spiro atoms. The molecule has 0 radical (unpaired) electrons. The third kappa shape index (κ3) is 4.66. The topological polar surface area (TPSA) is 90.1 Å². The third-order valence-corrected chi connectivity index (χ3v) is 7.12. The average molecular weight is 475 g/mol. The molecule has 0 aliphatic carbocycles. The predicted octanol–water partition coefficient (Wildman–Crippen LogP) is 3.74. The minimum absolute atomic E-state index is 0.146. The maximum absolute atomic E-state index is 13.2. The van der Waals surface area contributed by atoms with Crippen molar-refractivity contribution >= 4 is 34.2 Å². The molecule has 1 saturated heterocycles. The Bertz CT molecular complexity index is 1250. The smallest absolute Gasteiger partial charge is 0.337 e. The Hall–Kier alpha value is -3.65. The fourth-order valence-electron chi connectivity index (χ4n) is 5.20. The van der Waals surface area contributed by atoms with Crippen molar-refractivity contribution < 1.29 is 19.1 Å². The molecule has 35 heavy (non-hydrogen) atoms. The van der Waals surface area contributed by atoms with Crippen LogP contribution in [0.4, 0.5) is 5.82 Å². The molecule has 8 nitrogen and oxygen atoms in total. The maximum atomic E-state index is 13.2. The number of amides is 1. The van der Waals surface area contributed by atoms with Crippen LogP contribution in [0.25, 0.3) is 16.5 Å². The Morgan fingerprint density at radius 2 is 1.91 bits per heavy atom. The predicted molar refractivity (Wildman–Crippen MR) is 134 cm³/mol. The fraction of sp³-hybridized carbons (Fsp3) is 0.370. The SMILES string of the molecule is CC1CN(c2ccc(C(=O)O)cn2)CC(C)N1CC(=O)N1CC=C(c2cccc3ccoc23)CC1. The molecule has 0 saturated carbocycles. The molecule has 1 amide bonds. The van der Waals surface area contributed by atoms with Gasteiger partial charge in [-0.15, -0.1) is 0 Å². The van der Waals surface area contributed by atoms with Gasteiger partial charge in [0.15, 0.2) is 0 Å². The molecule has 4 heterocycles. The number of aromatic carboxylic acids is 1. The van der Waals surface area contributed by atoms with Crippen LogP contribution in [0.15, 0.2) is 59.4 Å². The van der Waals surface area contributed by atoms with Crippen molar-refractivity contribution in [3.63, 3.8) is 0 Å². The van der Waals surface area contributed by atoms with Crippen LogP contribution >= 0.6 is 0 Å². The van der Waals surface area contributed by atoms with E-state index in [-0.39, 0.29) is 23.6 Å². The van der Waals surface area contributed by atoms with E-state index in [0.717, 1.165) is 41.9 Å². The number of benzene rings is 1. The number of piperazine rings is 1.